The number of aliphatic hydroxyl groups is 2. The van der Waals surface area contributed by atoms with E-state index in [1.807, 2.05) is 60.4 Å². The molecule has 370 valence electrons. The summed E-state index contributed by atoms with van der Waals surface area (Å²) >= 11 is 4.01. The van der Waals surface area contributed by atoms with Gasteiger partial charge in [-0.2, -0.15) is 12.6 Å². The molecule has 0 heterocycles. The normalized spacial score (nSPS) is 12.2. The molecule has 15 heteroatoms. The van der Waals surface area contributed by atoms with E-state index in [0.29, 0.717) is 19.4 Å². The van der Waals surface area contributed by atoms with E-state index >= 15 is 0 Å². The molecular weight excluding hydrogens is 1010 g/mol. The van der Waals surface area contributed by atoms with E-state index in [0.717, 1.165) is 83.0 Å². The molecular formula is C47H99KN2O10SW. The summed E-state index contributed by atoms with van der Waals surface area (Å²) in [5, 5.41) is 20.3. The summed E-state index contributed by atoms with van der Waals surface area (Å²) in [6.45, 7) is 25.4. The fourth-order valence-corrected chi connectivity index (χ4v) is 4.68. The van der Waals surface area contributed by atoms with Gasteiger partial charge >= 0.3 is 69.3 Å². The van der Waals surface area contributed by atoms with Crippen LogP contribution in [-0.2, 0) is 59.2 Å². The Hall–Kier alpha value is 0.555. The zero-order valence-corrected chi connectivity index (χ0v) is 49.6. The minimum absolute atomic E-state index is 0. The van der Waals surface area contributed by atoms with Crippen LogP contribution in [0.5, 0.6) is 0 Å². The number of hydrogen-bond donors (Lipinski definition) is 4. The van der Waals surface area contributed by atoms with Gasteiger partial charge in [-0.1, -0.05) is 121 Å². The maximum absolute atomic E-state index is 12.0. The Kier molecular flexibility index (Phi) is 87.5. The molecule has 0 bridgehead atoms. The maximum atomic E-state index is 12.0. The zero-order chi connectivity index (χ0) is 47.4. The van der Waals surface area contributed by atoms with E-state index in [-0.39, 0.29) is 134 Å². The van der Waals surface area contributed by atoms with E-state index in [1.54, 1.807) is 14.0 Å². The number of nitrogens with zero attached hydrogens (tertiary/aromatic N) is 1. The number of carbonyl (C=O) groups is 4. The average Bonchev–Trinajstić information content (AvgIpc) is 3.25. The SMILES string of the molecule is CC.CCCC.CCCC(C)C(=O)OCC(C)O.CCCCCCC(C)C(=O)OCCC(COC(=O)C(C)CCC)OC.CNCCCS.[CH2-]N(CCCO)CCCC=O.[K+].[W]. The number of ether oxygens (including phenoxy) is 4. The molecule has 0 aliphatic rings. The van der Waals surface area contributed by atoms with Gasteiger partial charge in [-0.25, -0.2) is 0 Å². The summed E-state index contributed by atoms with van der Waals surface area (Å²) in [6, 6.07) is 0. The van der Waals surface area contributed by atoms with Crippen LogP contribution in [-0.4, -0.2) is 117 Å². The molecule has 0 rings (SSSR count). The molecule has 5 unspecified atom stereocenters. The number of methoxy groups -OCH3 is 1. The van der Waals surface area contributed by atoms with Crippen molar-refractivity contribution in [1.82, 2.24) is 10.2 Å². The summed E-state index contributed by atoms with van der Waals surface area (Å²) in [4.78, 5) is 46.7. The minimum Gasteiger partial charge on any atom is -0.465 e. The van der Waals surface area contributed by atoms with Gasteiger partial charge in [0.15, 0.2) is 0 Å². The van der Waals surface area contributed by atoms with Crippen LogP contribution in [0.1, 0.15) is 179 Å². The van der Waals surface area contributed by atoms with Gasteiger partial charge in [0, 0.05) is 47.6 Å². The minimum atomic E-state index is -0.567. The van der Waals surface area contributed by atoms with Gasteiger partial charge in [0.1, 0.15) is 19.5 Å². The number of unbranched alkanes of at least 4 members (excludes halogenated alkanes) is 5. The zero-order valence-electron chi connectivity index (χ0n) is 42.6. The number of hydrogen-bond acceptors (Lipinski definition) is 13. The van der Waals surface area contributed by atoms with E-state index in [2.05, 4.69) is 45.8 Å². The Balaban J connectivity index is -0.000000110. The third kappa shape index (κ3) is 69.6. The second-order valence-corrected chi connectivity index (χ2v) is 15.2. The van der Waals surface area contributed by atoms with Gasteiger partial charge in [0.05, 0.1) is 36.6 Å². The second kappa shape index (κ2) is 68.1. The molecule has 0 saturated heterocycles. The van der Waals surface area contributed by atoms with Crippen LogP contribution in [0.4, 0.5) is 0 Å². The summed E-state index contributed by atoms with van der Waals surface area (Å²) in [6.07, 6.45) is 15.8. The van der Waals surface area contributed by atoms with Gasteiger partial charge in [-0.15, -0.1) is 0 Å². The van der Waals surface area contributed by atoms with Crippen LogP contribution < -0.4 is 56.7 Å². The van der Waals surface area contributed by atoms with Crippen LogP contribution in [0.15, 0.2) is 0 Å². The Morgan fingerprint density at radius 2 is 1.19 bits per heavy atom. The Labute approximate surface area is 445 Å². The first-order valence-electron chi connectivity index (χ1n) is 23.2. The Bertz CT molecular complexity index is 879. The van der Waals surface area contributed by atoms with Crippen molar-refractivity contribution >= 4 is 36.8 Å². The van der Waals surface area contributed by atoms with Gasteiger partial charge in [-0.05, 0) is 77.9 Å². The topological polar surface area (TPSA) is 161 Å². The first kappa shape index (κ1) is 79.6. The van der Waals surface area contributed by atoms with E-state index in [4.69, 9.17) is 29.2 Å². The molecule has 0 aliphatic heterocycles. The predicted molar refractivity (Wildman–Crippen MR) is 254 cm³/mol. The van der Waals surface area contributed by atoms with Gasteiger partial charge in [-0.3, -0.25) is 21.4 Å². The van der Waals surface area contributed by atoms with E-state index in [9.17, 15) is 19.2 Å². The van der Waals surface area contributed by atoms with Crippen molar-refractivity contribution in [3.8, 4) is 0 Å². The number of aliphatic hydroxyl groups excluding tert-OH is 2. The molecule has 0 spiro atoms. The average molecular weight is 1110 g/mol. The summed E-state index contributed by atoms with van der Waals surface area (Å²) in [5.41, 5.74) is 0. The van der Waals surface area contributed by atoms with Crippen LogP contribution in [0.25, 0.3) is 0 Å². The molecule has 0 aliphatic carbocycles. The largest absolute Gasteiger partial charge is 1.00 e. The van der Waals surface area contributed by atoms with Crippen molar-refractivity contribution in [2.24, 2.45) is 17.8 Å². The molecule has 3 N–H and O–H groups in total. The van der Waals surface area contributed by atoms with Crippen LogP contribution >= 0.6 is 12.6 Å². The number of rotatable bonds is 31. The van der Waals surface area contributed by atoms with Crippen LogP contribution in [0.3, 0.4) is 0 Å². The summed E-state index contributed by atoms with van der Waals surface area (Å²) < 4.78 is 20.7. The first-order valence-corrected chi connectivity index (χ1v) is 23.9. The van der Waals surface area contributed by atoms with Crippen molar-refractivity contribution in [2.45, 2.75) is 191 Å². The van der Waals surface area contributed by atoms with Crippen molar-refractivity contribution in [2.75, 3.05) is 66.0 Å². The van der Waals surface area contributed by atoms with Gasteiger partial charge < -0.3 is 44.2 Å². The monoisotopic (exact) mass is 1110 g/mol. The van der Waals surface area contributed by atoms with E-state index < -0.39 is 6.10 Å². The maximum Gasteiger partial charge on any atom is 1.00 e. The molecule has 0 amide bonds. The summed E-state index contributed by atoms with van der Waals surface area (Å²) in [7, 11) is 7.28. The fraction of sp³-hybridized carbons (Fsp3) is 0.894. The van der Waals surface area contributed by atoms with Crippen molar-refractivity contribution in [3.63, 3.8) is 0 Å². The number of carbonyl (C=O) groups excluding carboxylic acids is 4. The fourth-order valence-electron chi connectivity index (χ4n) is 4.52. The van der Waals surface area contributed by atoms with Crippen molar-refractivity contribution in [1.29, 1.82) is 0 Å². The van der Waals surface area contributed by atoms with Crippen molar-refractivity contribution in [3.05, 3.63) is 7.05 Å². The second-order valence-electron chi connectivity index (χ2n) is 14.7. The third-order valence-electron chi connectivity index (χ3n) is 8.55. The Morgan fingerprint density at radius 3 is 1.58 bits per heavy atom. The third-order valence-corrected chi connectivity index (χ3v) is 8.87. The molecule has 0 aromatic rings. The molecule has 12 nitrogen and oxygen atoms in total. The number of nitrogens with one attached hydrogen (secondary N) is 1. The van der Waals surface area contributed by atoms with Crippen LogP contribution in [0.2, 0.25) is 0 Å². The molecule has 0 saturated carbocycles. The molecule has 0 aromatic heterocycles. The molecule has 0 fully saturated rings. The van der Waals surface area contributed by atoms with Gasteiger partial charge in [0.2, 0.25) is 0 Å². The summed E-state index contributed by atoms with van der Waals surface area (Å²) in [5.74, 6) is 0.230. The van der Waals surface area contributed by atoms with Gasteiger partial charge in [0.25, 0.3) is 0 Å². The van der Waals surface area contributed by atoms with Crippen molar-refractivity contribution < 1.29 is 121 Å². The first-order chi connectivity index (χ1) is 28.7. The molecule has 62 heavy (non-hydrogen) atoms. The molecule has 5 atom stereocenters. The standard InChI is InChI=1S/C20H38O5.C9H18O3.C8H16NO2.C4H11NS.C4H10.C2H6.K.W/c1-6-8-9-10-12-17(4)19(21)24-14-13-18(23-5)15-25-20(22)16(3)11-7-2;1-4-5-7(2)9(11)12-6-8(3)10;1-9(6-4-8-11)5-2-3-7-10;1-5-3-2-4-6;1-3-4-2;1-2;;/h16-18H,6-15H2,1-5H3;7-8,10H,4-6H2,1-3H3;7,11H,1-6,8H2;5-6H,2-4H2,1H3;3-4H2,1-2H3;1-2H3;;/q;;-1;;;;+1;. The quantitative estimate of drug-likeness (QED) is 0.0111. The number of aldehydes is 1. The predicted octanol–water partition coefficient (Wildman–Crippen LogP) is 6.67. The van der Waals surface area contributed by atoms with Crippen LogP contribution in [0, 0.1) is 24.8 Å². The smallest absolute Gasteiger partial charge is 0.465 e. The number of esters is 3. The Morgan fingerprint density at radius 1 is 0.710 bits per heavy atom. The molecule has 0 radical (unpaired) electrons. The number of thiol groups is 1. The van der Waals surface area contributed by atoms with E-state index in [1.165, 1.54) is 38.5 Å². The molecule has 0 aromatic carbocycles.